The highest BCUT2D eigenvalue weighted by molar-refractivity contribution is 5.89. The molecule has 0 spiro atoms. The molecule has 1 aromatic heterocycles. The number of imidazole rings is 1. The molecule has 0 unspecified atom stereocenters. The maximum absolute atomic E-state index is 11.6. The lowest BCUT2D eigenvalue weighted by atomic mass is 10.1. The van der Waals surface area contributed by atoms with Crippen LogP contribution in [-0.4, -0.2) is 17.6 Å². The summed E-state index contributed by atoms with van der Waals surface area (Å²) in [4.78, 5) is 11.6. The van der Waals surface area contributed by atoms with Crippen molar-refractivity contribution < 1.29 is 26.5 Å². The molecule has 2 heterocycles. The summed E-state index contributed by atoms with van der Waals surface area (Å²) in [6.45, 7) is 1.89. The molecule has 0 saturated heterocycles. The first-order valence-electron chi connectivity index (χ1n) is 8.61. The monoisotopic (exact) mass is 368 g/mol. The van der Waals surface area contributed by atoms with Gasteiger partial charge in [-0.3, -0.25) is 0 Å². The van der Waals surface area contributed by atoms with Crippen LogP contribution >= 0.6 is 0 Å². The Labute approximate surface area is 159 Å². The number of rotatable bonds is 4. The Morgan fingerprint density at radius 2 is 1.85 bits per heavy atom. The molecule has 0 bridgehead atoms. The molecule has 0 saturated carbocycles. The van der Waals surface area contributed by atoms with E-state index in [-0.39, 0.29) is 18.4 Å². The largest absolute Gasteiger partial charge is 1.00 e. The van der Waals surface area contributed by atoms with Crippen molar-refractivity contribution in [3.8, 4) is 11.3 Å². The third-order valence-corrected chi connectivity index (χ3v) is 4.79. The Kier molecular flexibility index (Phi) is 5.43. The second-order valence-electron chi connectivity index (χ2n) is 6.37. The number of halogens is 1. The summed E-state index contributed by atoms with van der Waals surface area (Å²) in [7, 11) is 1.40. The Bertz CT molecular complexity index is 902. The molecule has 0 fully saturated rings. The fourth-order valence-corrected chi connectivity index (χ4v) is 3.55. The third-order valence-electron chi connectivity index (χ3n) is 4.79. The fraction of sp³-hybridized carbons (Fsp3) is 0.238. The van der Waals surface area contributed by atoms with E-state index in [2.05, 4.69) is 39.6 Å². The van der Waals surface area contributed by atoms with E-state index in [1.807, 2.05) is 30.3 Å². The summed E-state index contributed by atoms with van der Waals surface area (Å²) in [6.07, 6.45) is 4.54. The molecule has 0 atom stereocenters. The van der Waals surface area contributed by atoms with Crippen LogP contribution < -0.4 is 17.0 Å². The highest BCUT2D eigenvalue weighted by atomic mass is 35.5. The van der Waals surface area contributed by atoms with Crippen molar-refractivity contribution in [3.05, 3.63) is 77.7 Å². The van der Waals surface area contributed by atoms with Crippen LogP contribution in [0.15, 0.2) is 60.8 Å². The summed E-state index contributed by atoms with van der Waals surface area (Å²) in [5.41, 5.74) is 4.30. The molecule has 26 heavy (non-hydrogen) atoms. The first-order chi connectivity index (χ1) is 12.3. The molecule has 134 valence electrons. The molecule has 1 aliphatic heterocycles. The smallest absolute Gasteiger partial charge is 0.337 e. The summed E-state index contributed by atoms with van der Waals surface area (Å²) >= 11 is 0. The fourth-order valence-electron chi connectivity index (χ4n) is 3.55. The van der Waals surface area contributed by atoms with Crippen LogP contribution in [0.3, 0.4) is 0 Å². The molecule has 2 aromatic carbocycles. The molecule has 0 aliphatic carbocycles. The van der Waals surface area contributed by atoms with Crippen LogP contribution in [0.2, 0.25) is 0 Å². The van der Waals surface area contributed by atoms with Crippen molar-refractivity contribution >= 4 is 5.97 Å². The van der Waals surface area contributed by atoms with E-state index in [0.717, 1.165) is 19.5 Å². The lowest BCUT2D eigenvalue weighted by molar-refractivity contribution is -0.694. The molecule has 5 heteroatoms. The van der Waals surface area contributed by atoms with Gasteiger partial charge in [0.1, 0.15) is 12.7 Å². The van der Waals surface area contributed by atoms with Gasteiger partial charge in [0.2, 0.25) is 0 Å². The number of methoxy groups -OCH3 is 1. The number of carbonyl (C=O) groups excluding carboxylic acids is 1. The zero-order valence-electron chi connectivity index (χ0n) is 14.7. The van der Waals surface area contributed by atoms with E-state index in [4.69, 9.17) is 4.74 Å². The summed E-state index contributed by atoms with van der Waals surface area (Å²) in [5.74, 6) is 1.08. The number of esters is 1. The Hall–Kier alpha value is -2.59. The van der Waals surface area contributed by atoms with E-state index >= 15 is 0 Å². The maximum Gasteiger partial charge on any atom is 0.337 e. The van der Waals surface area contributed by atoms with Gasteiger partial charge in [-0.15, -0.1) is 0 Å². The summed E-state index contributed by atoms with van der Waals surface area (Å²) in [5, 5.41) is 0. The molecule has 4 nitrogen and oxygen atoms in total. The minimum Gasteiger partial charge on any atom is -1.00 e. The average Bonchev–Trinajstić information content (AvgIpc) is 3.26. The second kappa shape index (κ2) is 7.75. The number of hydrogen-bond donors (Lipinski definition) is 0. The van der Waals surface area contributed by atoms with Gasteiger partial charge in [0, 0.05) is 5.56 Å². The zero-order chi connectivity index (χ0) is 17.2. The van der Waals surface area contributed by atoms with Crippen molar-refractivity contribution in [2.45, 2.75) is 25.9 Å². The van der Waals surface area contributed by atoms with E-state index in [0.29, 0.717) is 5.56 Å². The molecular formula is C21H21ClN2O2. The maximum atomic E-state index is 11.6. The number of nitrogens with zero attached hydrogens (tertiary/aromatic N) is 2. The van der Waals surface area contributed by atoms with E-state index in [1.54, 1.807) is 0 Å². The number of aromatic nitrogens is 2. The Morgan fingerprint density at radius 3 is 2.54 bits per heavy atom. The van der Waals surface area contributed by atoms with Crippen LogP contribution in [-0.2, 0) is 24.2 Å². The number of carbonyl (C=O) groups is 1. The minimum absolute atomic E-state index is 0. The Balaban J connectivity index is 0.00000196. The molecule has 4 rings (SSSR count). The van der Waals surface area contributed by atoms with Crippen molar-refractivity contribution in [1.29, 1.82) is 0 Å². The lowest BCUT2D eigenvalue weighted by Crippen LogP contribution is -3.00. The standard InChI is InChI=1S/C21H21N2O2.ClH/c1-25-21(24)18-11-9-16(10-12-18)14-22-15-19(17-6-3-2-4-7-17)23-13-5-8-20(22)23;/h2-4,6-7,9-12,15H,5,8,13-14H2,1H3;1H/q+1;/p-1. The highest BCUT2D eigenvalue weighted by Gasteiger charge is 2.28. The third kappa shape index (κ3) is 3.37. The van der Waals surface area contributed by atoms with Crippen molar-refractivity contribution in [1.82, 2.24) is 4.57 Å². The second-order valence-corrected chi connectivity index (χ2v) is 6.37. The molecule has 3 aromatic rings. The number of benzene rings is 2. The molecule has 0 amide bonds. The van der Waals surface area contributed by atoms with Gasteiger partial charge in [-0.2, -0.15) is 0 Å². The molecule has 0 N–H and O–H groups in total. The quantitative estimate of drug-likeness (QED) is 0.488. The normalized spacial score (nSPS) is 12.3. The van der Waals surface area contributed by atoms with E-state index in [1.165, 1.54) is 36.2 Å². The average molecular weight is 369 g/mol. The van der Waals surface area contributed by atoms with Gasteiger partial charge < -0.3 is 17.1 Å². The summed E-state index contributed by atoms with van der Waals surface area (Å²) in [6, 6.07) is 18.2. The topological polar surface area (TPSA) is 35.1 Å². The first-order valence-corrected chi connectivity index (χ1v) is 8.61. The minimum atomic E-state index is -0.296. The number of fused-ring (bicyclic) bond motifs is 1. The van der Waals surface area contributed by atoms with Crippen molar-refractivity contribution in [2.24, 2.45) is 0 Å². The molecule has 1 aliphatic rings. The number of ether oxygens (including phenoxy) is 1. The van der Waals surface area contributed by atoms with Crippen molar-refractivity contribution in [3.63, 3.8) is 0 Å². The van der Waals surface area contributed by atoms with Gasteiger partial charge in [-0.05, 0) is 24.1 Å². The predicted molar refractivity (Wildman–Crippen MR) is 95.3 cm³/mol. The van der Waals surface area contributed by atoms with Gasteiger partial charge in [-0.25, -0.2) is 13.9 Å². The van der Waals surface area contributed by atoms with E-state index < -0.39 is 0 Å². The van der Waals surface area contributed by atoms with Crippen LogP contribution in [0.25, 0.3) is 11.3 Å². The Morgan fingerprint density at radius 1 is 1.12 bits per heavy atom. The summed E-state index contributed by atoms with van der Waals surface area (Å²) < 4.78 is 9.52. The number of hydrogen-bond acceptors (Lipinski definition) is 2. The first kappa shape index (κ1) is 18.2. The molecular weight excluding hydrogens is 348 g/mol. The molecule has 0 radical (unpaired) electrons. The van der Waals surface area contributed by atoms with Gasteiger partial charge in [-0.1, -0.05) is 42.5 Å². The van der Waals surface area contributed by atoms with Crippen molar-refractivity contribution in [2.75, 3.05) is 7.11 Å². The van der Waals surface area contributed by atoms with Gasteiger partial charge in [0.25, 0.3) is 5.82 Å². The van der Waals surface area contributed by atoms with Crippen LogP contribution in [0.4, 0.5) is 0 Å². The zero-order valence-corrected chi connectivity index (χ0v) is 15.4. The van der Waals surface area contributed by atoms with Gasteiger partial charge in [0.05, 0.1) is 25.6 Å². The van der Waals surface area contributed by atoms with E-state index in [9.17, 15) is 4.79 Å². The van der Waals surface area contributed by atoms with Gasteiger partial charge in [0.15, 0.2) is 5.69 Å². The van der Waals surface area contributed by atoms with Crippen LogP contribution in [0.5, 0.6) is 0 Å². The highest BCUT2D eigenvalue weighted by Crippen LogP contribution is 2.24. The predicted octanol–water partition coefficient (Wildman–Crippen LogP) is 0.228. The SMILES string of the molecule is COC(=O)c1ccc(C[n+]2cc(-c3ccccc3)n3c2CCC3)cc1.[Cl-]. The lowest BCUT2D eigenvalue weighted by Gasteiger charge is -2.02. The van der Waals surface area contributed by atoms with Crippen LogP contribution in [0, 0.1) is 0 Å². The van der Waals surface area contributed by atoms with Gasteiger partial charge >= 0.3 is 5.97 Å². The van der Waals surface area contributed by atoms with Crippen LogP contribution in [0.1, 0.15) is 28.2 Å².